The normalized spacial score (nSPS) is 34.1. The third kappa shape index (κ3) is 2.17. The van der Waals surface area contributed by atoms with E-state index < -0.39 is 0 Å². The number of morpholine rings is 1. The second-order valence-electron chi connectivity index (χ2n) is 3.88. The van der Waals surface area contributed by atoms with E-state index >= 15 is 0 Å². The monoisotopic (exact) mass is 155 g/mol. The van der Waals surface area contributed by atoms with Crippen LogP contribution >= 0.6 is 0 Å². The number of hydrogen-bond donors (Lipinski definition) is 0. The summed E-state index contributed by atoms with van der Waals surface area (Å²) in [6, 6.07) is 0. The third-order valence-corrected chi connectivity index (χ3v) is 2.54. The van der Waals surface area contributed by atoms with E-state index in [1.165, 1.54) is 19.4 Å². The summed E-state index contributed by atoms with van der Waals surface area (Å²) in [6.07, 6.45) is 3.39. The van der Waals surface area contributed by atoms with Crippen molar-refractivity contribution in [3.63, 3.8) is 0 Å². The summed E-state index contributed by atoms with van der Waals surface area (Å²) in [5, 5.41) is 0. The quantitative estimate of drug-likeness (QED) is 0.592. The lowest BCUT2D eigenvalue weighted by molar-refractivity contribution is -0.0196. The Bertz CT molecular complexity index is 132. The van der Waals surface area contributed by atoms with Crippen molar-refractivity contribution < 1.29 is 4.74 Å². The van der Waals surface area contributed by atoms with E-state index in [-0.39, 0.29) is 0 Å². The van der Waals surface area contributed by atoms with E-state index in [0.717, 1.165) is 25.6 Å². The van der Waals surface area contributed by atoms with Crippen molar-refractivity contribution in [2.24, 2.45) is 5.92 Å². The van der Waals surface area contributed by atoms with Crippen LogP contribution in [-0.4, -0.2) is 37.2 Å². The van der Waals surface area contributed by atoms with E-state index in [4.69, 9.17) is 4.74 Å². The average molecular weight is 155 g/mol. The molecule has 1 heterocycles. The lowest BCUT2D eigenvalue weighted by atomic mass is 10.3. The van der Waals surface area contributed by atoms with Gasteiger partial charge in [-0.15, -0.1) is 0 Å². The van der Waals surface area contributed by atoms with Gasteiger partial charge in [-0.1, -0.05) is 0 Å². The van der Waals surface area contributed by atoms with Crippen LogP contribution in [0, 0.1) is 5.92 Å². The lowest BCUT2D eigenvalue weighted by Crippen LogP contribution is -2.41. The first-order valence-corrected chi connectivity index (χ1v) is 4.68. The second kappa shape index (κ2) is 3.11. The Labute approximate surface area is 68.5 Å². The van der Waals surface area contributed by atoms with Crippen molar-refractivity contribution in [3.8, 4) is 0 Å². The molecule has 2 rings (SSSR count). The molecule has 0 aromatic rings. The maximum absolute atomic E-state index is 5.47. The number of nitrogens with zero attached hydrogens (tertiary/aromatic N) is 1. The number of ether oxygens (including phenoxy) is 1. The highest BCUT2D eigenvalue weighted by Crippen LogP contribution is 2.30. The van der Waals surface area contributed by atoms with E-state index in [1.54, 1.807) is 0 Å². The molecule has 0 amide bonds. The minimum atomic E-state index is 0.461. The minimum absolute atomic E-state index is 0.461. The molecule has 11 heavy (non-hydrogen) atoms. The van der Waals surface area contributed by atoms with Gasteiger partial charge in [0.05, 0.1) is 12.7 Å². The van der Waals surface area contributed by atoms with Crippen LogP contribution in [0.4, 0.5) is 0 Å². The molecule has 1 aliphatic heterocycles. The highest BCUT2D eigenvalue weighted by Gasteiger charge is 2.26. The molecule has 2 heteroatoms. The molecule has 0 N–H and O–H groups in total. The highest BCUT2D eigenvalue weighted by atomic mass is 16.5. The Kier molecular flexibility index (Phi) is 2.14. The summed E-state index contributed by atoms with van der Waals surface area (Å²) in [6.45, 7) is 6.73. The Balaban J connectivity index is 1.73. The largest absolute Gasteiger partial charge is 0.376 e. The molecular formula is C9H17NO. The summed E-state index contributed by atoms with van der Waals surface area (Å²) in [5.74, 6) is 1.03. The molecule has 64 valence electrons. The van der Waals surface area contributed by atoms with Gasteiger partial charge in [-0.05, 0) is 25.7 Å². The van der Waals surface area contributed by atoms with Crippen LogP contribution in [0.15, 0.2) is 0 Å². The van der Waals surface area contributed by atoms with Crippen molar-refractivity contribution in [2.75, 3.05) is 26.2 Å². The standard InChI is InChI=1S/C9H17NO/c1-8-6-10(4-5-11-8)7-9-2-3-9/h8-9H,2-7H2,1H3/t8-/m0/s1. The van der Waals surface area contributed by atoms with Crippen LogP contribution in [0.2, 0.25) is 0 Å². The van der Waals surface area contributed by atoms with Crippen molar-refractivity contribution in [3.05, 3.63) is 0 Å². The first-order valence-electron chi connectivity index (χ1n) is 4.68. The molecule has 2 nitrogen and oxygen atoms in total. The Morgan fingerprint density at radius 2 is 2.27 bits per heavy atom. The van der Waals surface area contributed by atoms with E-state index in [2.05, 4.69) is 11.8 Å². The van der Waals surface area contributed by atoms with Crippen LogP contribution in [0.1, 0.15) is 19.8 Å². The number of rotatable bonds is 2. The molecule has 1 saturated carbocycles. The molecule has 0 aromatic heterocycles. The fourth-order valence-corrected chi connectivity index (χ4v) is 1.72. The Morgan fingerprint density at radius 1 is 1.45 bits per heavy atom. The highest BCUT2D eigenvalue weighted by molar-refractivity contribution is 4.79. The fourth-order valence-electron chi connectivity index (χ4n) is 1.72. The molecule has 1 saturated heterocycles. The summed E-state index contributed by atoms with van der Waals surface area (Å²) in [7, 11) is 0. The first kappa shape index (κ1) is 7.56. The zero-order valence-electron chi connectivity index (χ0n) is 7.25. The molecule has 1 atom stereocenters. The molecule has 0 aromatic carbocycles. The number of hydrogen-bond acceptors (Lipinski definition) is 2. The maximum atomic E-state index is 5.47. The lowest BCUT2D eigenvalue weighted by Gasteiger charge is -2.30. The van der Waals surface area contributed by atoms with Crippen LogP contribution in [-0.2, 0) is 4.74 Å². The van der Waals surface area contributed by atoms with Gasteiger partial charge in [0.25, 0.3) is 0 Å². The van der Waals surface area contributed by atoms with Gasteiger partial charge < -0.3 is 4.74 Å². The zero-order chi connectivity index (χ0) is 7.68. The van der Waals surface area contributed by atoms with Crippen molar-refractivity contribution in [1.29, 1.82) is 0 Å². The van der Waals surface area contributed by atoms with E-state index in [9.17, 15) is 0 Å². The van der Waals surface area contributed by atoms with Gasteiger partial charge in [0.15, 0.2) is 0 Å². The van der Waals surface area contributed by atoms with E-state index in [1.807, 2.05) is 0 Å². The van der Waals surface area contributed by atoms with Gasteiger partial charge >= 0.3 is 0 Å². The van der Waals surface area contributed by atoms with Gasteiger partial charge in [0, 0.05) is 19.6 Å². The summed E-state index contributed by atoms with van der Waals surface area (Å²) >= 11 is 0. The third-order valence-electron chi connectivity index (χ3n) is 2.54. The van der Waals surface area contributed by atoms with Crippen LogP contribution < -0.4 is 0 Å². The molecule has 2 aliphatic rings. The van der Waals surface area contributed by atoms with Gasteiger partial charge in [0.1, 0.15) is 0 Å². The predicted molar refractivity (Wildman–Crippen MR) is 44.6 cm³/mol. The fraction of sp³-hybridized carbons (Fsp3) is 1.00. The summed E-state index contributed by atoms with van der Waals surface area (Å²) in [5.41, 5.74) is 0. The molecule has 0 bridgehead atoms. The van der Waals surface area contributed by atoms with Gasteiger partial charge in [0.2, 0.25) is 0 Å². The van der Waals surface area contributed by atoms with E-state index in [0.29, 0.717) is 6.10 Å². The average Bonchev–Trinajstić information content (AvgIpc) is 2.71. The molecular weight excluding hydrogens is 138 g/mol. The first-order chi connectivity index (χ1) is 5.34. The van der Waals surface area contributed by atoms with Crippen molar-refractivity contribution in [2.45, 2.75) is 25.9 Å². The molecule has 0 spiro atoms. The van der Waals surface area contributed by atoms with Crippen LogP contribution in [0.25, 0.3) is 0 Å². The molecule has 0 unspecified atom stereocenters. The van der Waals surface area contributed by atoms with Crippen LogP contribution in [0.5, 0.6) is 0 Å². The second-order valence-corrected chi connectivity index (χ2v) is 3.88. The molecule has 1 aliphatic carbocycles. The van der Waals surface area contributed by atoms with Crippen molar-refractivity contribution >= 4 is 0 Å². The molecule has 2 fully saturated rings. The molecule has 0 radical (unpaired) electrons. The van der Waals surface area contributed by atoms with Gasteiger partial charge in [-0.2, -0.15) is 0 Å². The van der Waals surface area contributed by atoms with Crippen LogP contribution in [0.3, 0.4) is 0 Å². The SMILES string of the molecule is C[C@H]1CN(CC2CC2)CCO1. The Hall–Kier alpha value is -0.0800. The summed E-state index contributed by atoms with van der Waals surface area (Å²) in [4.78, 5) is 2.55. The Morgan fingerprint density at radius 3 is 2.91 bits per heavy atom. The zero-order valence-corrected chi connectivity index (χ0v) is 7.25. The topological polar surface area (TPSA) is 12.5 Å². The van der Waals surface area contributed by atoms with Crippen molar-refractivity contribution in [1.82, 2.24) is 4.90 Å². The maximum Gasteiger partial charge on any atom is 0.0674 e. The summed E-state index contributed by atoms with van der Waals surface area (Å²) < 4.78 is 5.47. The van der Waals surface area contributed by atoms with Gasteiger partial charge in [-0.3, -0.25) is 4.90 Å². The smallest absolute Gasteiger partial charge is 0.0674 e. The van der Waals surface area contributed by atoms with Gasteiger partial charge in [-0.25, -0.2) is 0 Å². The minimum Gasteiger partial charge on any atom is -0.376 e. The predicted octanol–water partition coefficient (Wildman–Crippen LogP) is 1.12.